The molecule has 0 saturated heterocycles. The number of hydrogen-bond acceptors (Lipinski definition) is 2. The first kappa shape index (κ1) is 7.02. The average Bonchev–Trinajstić information content (AvgIpc) is 1.57. The molecule has 0 bridgehead atoms. The summed E-state index contributed by atoms with van der Waals surface area (Å²) in [5.74, 6) is 0.278. The first-order valence-electron chi connectivity index (χ1n) is 3.03. The van der Waals surface area contributed by atoms with E-state index in [2.05, 4.69) is 0 Å². The molecule has 1 unspecified atom stereocenters. The molecule has 1 rings (SSSR count). The van der Waals surface area contributed by atoms with E-state index in [-0.39, 0.29) is 11.2 Å². The lowest BCUT2D eigenvalue weighted by atomic mass is 9.87. The summed E-state index contributed by atoms with van der Waals surface area (Å²) in [6.07, 6.45) is 1.75. The van der Waals surface area contributed by atoms with Gasteiger partial charge in [0.15, 0.2) is 0 Å². The number of primary sulfonamides is 1. The minimum absolute atomic E-state index is 0.252. The summed E-state index contributed by atoms with van der Waals surface area (Å²) < 4.78 is 21.2. The van der Waals surface area contributed by atoms with Crippen molar-refractivity contribution >= 4 is 10.0 Å². The van der Waals surface area contributed by atoms with Gasteiger partial charge in [-0.2, -0.15) is 0 Å². The molecule has 9 heavy (non-hydrogen) atoms. The molecule has 1 aliphatic rings. The molecule has 2 atom stereocenters. The molecule has 2 N–H and O–H groups in total. The molecule has 0 aromatic rings. The van der Waals surface area contributed by atoms with E-state index in [0.29, 0.717) is 0 Å². The third kappa shape index (κ3) is 1.24. The zero-order valence-corrected chi connectivity index (χ0v) is 6.19. The van der Waals surface area contributed by atoms with Gasteiger partial charge in [-0.1, -0.05) is 6.92 Å². The second kappa shape index (κ2) is 1.95. The lowest BCUT2D eigenvalue weighted by Crippen LogP contribution is -2.40. The highest BCUT2D eigenvalue weighted by molar-refractivity contribution is 7.89. The van der Waals surface area contributed by atoms with Crippen LogP contribution in [-0.4, -0.2) is 13.7 Å². The summed E-state index contributed by atoms with van der Waals surface area (Å²) in [5, 5.41) is 4.65. The monoisotopic (exact) mass is 149 g/mol. The van der Waals surface area contributed by atoms with Crippen molar-refractivity contribution in [1.29, 1.82) is 0 Å². The van der Waals surface area contributed by atoms with Gasteiger partial charge in [0.1, 0.15) is 0 Å². The molecule has 54 valence electrons. The Balaban J connectivity index is 2.66. The highest BCUT2D eigenvalue weighted by Gasteiger charge is 2.35. The first-order valence-corrected chi connectivity index (χ1v) is 4.64. The van der Waals surface area contributed by atoms with Crippen LogP contribution in [0.15, 0.2) is 0 Å². The van der Waals surface area contributed by atoms with Gasteiger partial charge in [0, 0.05) is 0 Å². The van der Waals surface area contributed by atoms with E-state index < -0.39 is 10.0 Å². The van der Waals surface area contributed by atoms with Crippen LogP contribution in [0.5, 0.6) is 0 Å². The summed E-state index contributed by atoms with van der Waals surface area (Å²) in [6.45, 7) is 1.92. The Bertz CT molecular complexity index is 197. The Kier molecular flexibility index (Phi) is 1.52. The Hall–Kier alpha value is -0.0900. The van der Waals surface area contributed by atoms with Crippen molar-refractivity contribution in [3.63, 3.8) is 0 Å². The predicted octanol–water partition coefficient (Wildman–Crippen LogP) is 0.0734. The molecule has 0 aliphatic heterocycles. The van der Waals surface area contributed by atoms with Crippen molar-refractivity contribution in [2.75, 3.05) is 0 Å². The predicted molar refractivity (Wildman–Crippen MR) is 35.3 cm³/mol. The fourth-order valence-corrected chi connectivity index (χ4v) is 2.37. The van der Waals surface area contributed by atoms with Crippen LogP contribution in [-0.2, 0) is 10.0 Å². The third-order valence-corrected chi connectivity index (χ3v) is 3.51. The maximum atomic E-state index is 10.6. The van der Waals surface area contributed by atoms with Gasteiger partial charge in [-0.15, -0.1) is 0 Å². The van der Waals surface area contributed by atoms with E-state index in [1.54, 1.807) is 0 Å². The summed E-state index contributed by atoms with van der Waals surface area (Å²) in [5.41, 5.74) is 0. The van der Waals surface area contributed by atoms with Gasteiger partial charge in [0.05, 0.1) is 5.25 Å². The fraction of sp³-hybridized carbons (Fsp3) is 1.00. The summed E-state index contributed by atoms with van der Waals surface area (Å²) in [7, 11) is -3.22. The van der Waals surface area contributed by atoms with Gasteiger partial charge in [-0.25, -0.2) is 13.6 Å². The number of nitrogens with two attached hydrogens (primary N) is 1. The lowest BCUT2D eigenvalue weighted by Gasteiger charge is -2.31. The van der Waals surface area contributed by atoms with E-state index in [1.807, 2.05) is 6.92 Å². The second-order valence-corrected chi connectivity index (χ2v) is 4.47. The van der Waals surface area contributed by atoms with E-state index in [4.69, 9.17) is 5.14 Å². The Morgan fingerprint density at radius 3 is 2.00 bits per heavy atom. The molecule has 0 amide bonds. The maximum Gasteiger partial charge on any atom is 0.212 e. The van der Waals surface area contributed by atoms with Crippen LogP contribution < -0.4 is 5.14 Å². The Morgan fingerprint density at radius 2 is 2.00 bits per heavy atom. The highest BCUT2D eigenvalue weighted by Crippen LogP contribution is 2.30. The van der Waals surface area contributed by atoms with Gasteiger partial charge in [-0.3, -0.25) is 0 Å². The fourth-order valence-electron chi connectivity index (χ4n) is 1.12. The van der Waals surface area contributed by atoms with Gasteiger partial charge < -0.3 is 0 Å². The molecule has 1 aliphatic carbocycles. The van der Waals surface area contributed by atoms with Gasteiger partial charge >= 0.3 is 0 Å². The maximum absolute atomic E-state index is 10.6. The Morgan fingerprint density at radius 1 is 1.44 bits per heavy atom. The minimum Gasteiger partial charge on any atom is -0.228 e. The second-order valence-electron chi connectivity index (χ2n) is 2.68. The van der Waals surface area contributed by atoms with Crippen molar-refractivity contribution in [3.05, 3.63) is 0 Å². The Labute approximate surface area is 55.3 Å². The molecule has 0 aromatic carbocycles. The molecule has 0 heterocycles. The zero-order chi connectivity index (χ0) is 7.07. The molecule has 0 aromatic heterocycles. The molecule has 4 heteroatoms. The smallest absolute Gasteiger partial charge is 0.212 e. The van der Waals surface area contributed by atoms with Crippen molar-refractivity contribution < 1.29 is 8.42 Å². The van der Waals surface area contributed by atoms with Crippen LogP contribution in [0.4, 0.5) is 0 Å². The SMILES string of the molecule is C[C@H]1CCC1S(N)(=O)=O. The van der Waals surface area contributed by atoms with Crippen molar-refractivity contribution in [2.24, 2.45) is 11.1 Å². The quantitative estimate of drug-likeness (QED) is 0.573. The minimum atomic E-state index is -3.22. The van der Waals surface area contributed by atoms with Crippen molar-refractivity contribution in [3.8, 4) is 0 Å². The van der Waals surface area contributed by atoms with E-state index in [1.165, 1.54) is 0 Å². The van der Waals surface area contributed by atoms with Crippen LogP contribution in [0.3, 0.4) is 0 Å². The highest BCUT2D eigenvalue weighted by atomic mass is 32.2. The van der Waals surface area contributed by atoms with Crippen LogP contribution >= 0.6 is 0 Å². The van der Waals surface area contributed by atoms with E-state index in [0.717, 1.165) is 12.8 Å². The van der Waals surface area contributed by atoms with Crippen molar-refractivity contribution in [2.45, 2.75) is 25.0 Å². The first-order chi connectivity index (χ1) is 4.02. The normalized spacial score (nSPS) is 35.8. The summed E-state index contributed by atoms with van der Waals surface area (Å²) >= 11 is 0. The molecule has 1 fully saturated rings. The number of rotatable bonds is 1. The van der Waals surface area contributed by atoms with Crippen LogP contribution in [0.25, 0.3) is 0 Å². The number of sulfonamides is 1. The third-order valence-electron chi connectivity index (χ3n) is 1.96. The molecule has 0 spiro atoms. The van der Waals surface area contributed by atoms with E-state index in [9.17, 15) is 8.42 Å². The zero-order valence-electron chi connectivity index (χ0n) is 5.37. The van der Waals surface area contributed by atoms with Gasteiger partial charge in [-0.05, 0) is 18.8 Å². The lowest BCUT2D eigenvalue weighted by molar-refractivity contribution is 0.344. The molecule has 3 nitrogen and oxygen atoms in total. The average molecular weight is 149 g/mol. The molecular weight excluding hydrogens is 138 g/mol. The van der Waals surface area contributed by atoms with Crippen LogP contribution in [0.1, 0.15) is 19.8 Å². The van der Waals surface area contributed by atoms with Crippen molar-refractivity contribution in [1.82, 2.24) is 0 Å². The van der Waals surface area contributed by atoms with Crippen LogP contribution in [0.2, 0.25) is 0 Å². The van der Waals surface area contributed by atoms with E-state index >= 15 is 0 Å². The summed E-state index contributed by atoms with van der Waals surface area (Å²) in [4.78, 5) is 0. The topological polar surface area (TPSA) is 60.2 Å². The number of hydrogen-bond donors (Lipinski definition) is 1. The molecule has 1 saturated carbocycles. The van der Waals surface area contributed by atoms with Gasteiger partial charge in [0.25, 0.3) is 0 Å². The molecule has 0 radical (unpaired) electrons. The standard InChI is InChI=1S/C5H11NO2S/c1-4-2-3-5(4)9(6,7)8/h4-5H,2-3H2,1H3,(H2,6,7,8)/t4-,5?/m0/s1. The van der Waals surface area contributed by atoms with Gasteiger partial charge in [0.2, 0.25) is 10.0 Å². The largest absolute Gasteiger partial charge is 0.228 e. The molecular formula is C5H11NO2S. The summed E-state index contributed by atoms with van der Waals surface area (Å²) in [6, 6.07) is 0. The van der Waals surface area contributed by atoms with Crippen LogP contribution in [0, 0.1) is 5.92 Å².